The van der Waals surface area contributed by atoms with Gasteiger partial charge in [-0.25, -0.2) is 17.5 Å². The van der Waals surface area contributed by atoms with Crippen molar-refractivity contribution in [1.82, 2.24) is 4.31 Å². The Morgan fingerprint density at radius 3 is 2.46 bits per heavy atom. The van der Waals surface area contributed by atoms with Crippen LogP contribution in [0.3, 0.4) is 0 Å². The molecule has 1 heterocycles. The number of carbonyl (C=O) groups excluding carboxylic acids is 1. The highest BCUT2D eigenvalue weighted by molar-refractivity contribution is 7.90. The Morgan fingerprint density at radius 2 is 1.83 bits per heavy atom. The fourth-order valence-corrected chi connectivity index (χ4v) is 5.39. The number of fused-ring (bicyclic) bond motifs is 1. The first-order valence-electron chi connectivity index (χ1n) is 8.41. The van der Waals surface area contributed by atoms with Gasteiger partial charge in [-0.3, -0.25) is 4.90 Å². The van der Waals surface area contributed by atoms with Crippen LogP contribution in [0.25, 0.3) is 0 Å². The third-order valence-corrected chi connectivity index (χ3v) is 6.73. The zero-order chi connectivity index (χ0) is 17.5. The van der Waals surface area contributed by atoms with E-state index in [0.717, 1.165) is 35.6 Å². The smallest absolute Gasteiger partial charge is 0.288 e. The van der Waals surface area contributed by atoms with Crippen molar-refractivity contribution in [3.63, 3.8) is 0 Å². The molecule has 5 nitrogen and oxygen atoms in total. The number of amides is 2. The zero-order valence-corrected chi connectivity index (χ0v) is 15.1. The Morgan fingerprint density at radius 1 is 1.21 bits per heavy atom. The van der Waals surface area contributed by atoms with Gasteiger partial charge in [0.1, 0.15) is 4.90 Å². The van der Waals surface area contributed by atoms with Crippen molar-refractivity contribution in [3.8, 4) is 0 Å². The largest absolute Gasteiger partial charge is 0.339 e. The maximum absolute atomic E-state index is 13.1. The number of para-hydroxylation sites is 1. The molecule has 0 saturated heterocycles. The van der Waals surface area contributed by atoms with Crippen molar-refractivity contribution in [2.24, 2.45) is 5.92 Å². The van der Waals surface area contributed by atoms with Crippen LogP contribution < -0.4 is 4.90 Å². The molecule has 1 aromatic rings. The van der Waals surface area contributed by atoms with Gasteiger partial charge in [0.05, 0.1) is 11.7 Å². The first-order valence-corrected chi connectivity index (χ1v) is 9.85. The number of anilines is 1. The molecule has 2 amide bonds. The number of sulfonamides is 1. The molecule has 0 spiro atoms. The summed E-state index contributed by atoms with van der Waals surface area (Å²) < 4.78 is 27.3. The Balaban J connectivity index is 2.07. The Labute approximate surface area is 144 Å². The molecule has 130 valence electrons. The van der Waals surface area contributed by atoms with Crippen molar-refractivity contribution < 1.29 is 13.2 Å². The average Bonchev–Trinajstić information content (AvgIpc) is 2.53. The molecule has 2 aliphatic rings. The molecule has 1 aromatic carbocycles. The summed E-state index contributed by atoms with van der Waals surface area (Å²) in [6.07, 6.45) is 3.36. The van der Waals surface area contributed by atoms with Crippen LogP contribution in [0.15, 0.2) is 41.3 Å². The normalized spacial score (nSPS) is 26.2. The van der Waals surface area contributed by atoms with Crippen LogP contribution in [0.5, 0.6) is 0 Å². The predicted molar refractivity (Wildman–Crippen MR) is 94.4 cm³/mol. The molecule has 0 atom stereocenters. The zero-order valence-electron chi connectivity index (χ0n) is 14.2. The van der Waals surface area contributed by atoms with Crippen LogP contribution in [0.1, 0.15) is 39.5 Å². The SMILES string of the molecule is C=C(C)CN1C(=O)N(C2CCC(C)CC2)S(=O)(=O)c2ccccc21. The summed E-state index contributed by atoms with van der Waals surface area (Å²) in [5.41, 5.74) is 1.26. The van der Waals surface area contributed by atoms with Gasteiger partial charge in [-0.15, -0.1) is 0 Å². The van der Waals surface area contributed by atoms with Gasteiger partial charge in [0, 0.05) is 6.54 Å². The lowest BCUT2D eigenvalue weighted by atomic mass is 9.87. The standard InChI is InChI=1S/C18H24N2O3S/c1-13(2)12-19-16-6-4-5-7-17(16)24(22,23)20(18(19)21)15-10-8-14(3)9-11-15/h4-7,14-15H,1,8-12H2,2-3H3. The molecule has 1 saturated carbocycles. The summed E-state index contributed by atoms with van der Waals surface area (Å²) in [5.74, 6) is 0.586. The van der Waals surface area contributed by atoms with Crippen LogP contribution in [-0.2, 0) is 10.0 Å². The number of carbonyl (C=O) groups is 1. The van der Waals surface area contributed by atoms with E-state index in [0.29, 0.717) is 18.2 Å². The fourth-order valence-electron chi connectivity index (χ4n) is 3.58. The fraction of sp³-hybridized carbons (Fsp3) is 0.500. The number of urea groups is 1. The van der Waals surface area contributed by atoms with Gasteiger partial charge < -0.3 is 0 Å². The van der Waals surface area contributed by atoms with Crippen molar-refractivity contribution in [2.75, 3.05) is 11.4 Å². The van der Waals surface area contributed by atoms with Crippen molar-refractivity contribution in [3.05, 3.63) is 36.4 Å². The van der Waals surface area contributed by atoms with Gasteiger partial charge in [0.15, 0.2) is 0 Å². The van der Waals surface area contributed by atoms with E-state index < -0.39 is 16.1 Å². The molecule has 0 bridgehead atoms. The topological polar surface area (TPSA) is 57.7 Å². The van der Waals surface area contributed by atoms with Crippen molar-refractivity contribution in [2.45, 2.75) is 50.5 Å². The highest BCUT2D eigenvalue weighted by atomic mass is 32.2. The summed E-state index contributed by atoms with van der Waals surface area (Å²) in [5, 5.41) is 0. The third kappa shape index (κ3) is 2.83. The van der Waals surface area contributed by atoms with Crippen LogP contribution in [0.2, 0.25) is 0 Å². The molecule has 0 N–H and O–H groups in total. The number of rotatable bonds is 3. The van der Waals surface area contributed by atoms with Crippen molar-refractivity contribution >= 4 is 21.7 Å². The maximum atomic E-state index is 13.1. The lowest BCUT2D eigenvalue weighted by molar-refractivity contribution is 0.195. The second kappa shape index (κ2) is 6.24. The van der Waals surface area contributed by atoms with Crippen LogP contribution >= 0.6 is 0 Å². The van der Waals surface area contributed by atoms with E-state index in [2.05, 4.69) is 13.5 Å². The number of nitrogens with zero attached hydrogens (tertiary/aromatic N) is 2. The van der Waals surface area contributed by atoms with E-state index in [-0.39, 0.29) is 10.9 Å². The Hall–Kier alpha value is -1.82. The predicted octanol–water partition coefficient (Wildman–Crippen LogP) is 3.77. The Bertz CT molecular complexity index is 764. The summed E-state index contributed by atoms with van der Waals surface area (Å²) >= 11 is 0. The summed E-state index contributed by atoms with van der Waals surface area (Å²) in [4.78, 5) is 14.8. The lowest BCUT2D eigenvalue weighted by Gasteiger charge is -2.42. The molecule has 0 aromatic heterocycles. The van der Waals surface area contributed by atoms with E-state index in [9.17, 15) is 13.2 Å². The summed E-state index contributed by atoms with van der Waals surface area (Å²) in [6.45, 7) is 8.21. The minimum absolute atomic E-state index is 0.212. The van der Waals surface area contributed by atoms with E-state index in [1.165, 1.54) is 4.90 Å². The maximum Gasteiger partial charge on any atom is 0.339 e. The van der Waals surface area contributed by atoms with E-state index in [1.54, 1.807) is 24.3 Å². The molecular formula is C18H24N2O3S. The first kappa shape index (κ1) is 17.0. The van der Waals surface area contributed by atoms with Crippen LogP contribution in [0, 0.1) is 5.92 Å². The van der Waals surface area contributed by atoms with E-state index in [1.807, 2.05) is 6.92 Å². The molecule has 6 heteroatoms. The second-order valence-electron chi connectivity index (χ2n) is 7.01. The van der Waals surface area contributed by atoms with Crippen LogP contribution in [-0.4, -0.2) is 31.3 Å². The average molecular weight is 348 g/mol. The number of benzene rings is 1. The van der Waals surface area contributed by atoms with Gasteiger partial charge in [-0.1, -0.05) is 31.2 Å². The second-order valence-corrected chi connectivity index (χ2v) is 8.79. The van der Waals surface area contributed by atoms with Crippen molar-refractivity contribution in [1.29, 1.82) is 0 Å². The molecule has 1 aliphatic heterocycles. The lowest BCUT2D eigenvalue weighted by Crippen LogP contribution is -2.55. The summed E-state index contributed by atoms with van der Waals surface area (Å²) in [6, 6.07) is 6.03. The summed E-state index contributed by atoms with van der Waals surface area (Å²) in [7, 11) is -3.81. The molecule has 0 radical (unpaired) electrons. The third-order valence-electron chi connectivity index (χ3n) is 4.86. The highest BCUT2D eigenvalue weighted by Crippen LogP contribution is 2.39. The first-order chi connectivity index (χ1) is 11.3. The molecule has 24 heavy (non-hydrogen) atoms. The minimum atomic E-state index is -3.81. The van der Waals surface area contributed by atoms with Gasteiger partial charge in [-0.2, -0.15) is 0 Å². The van der Waals surface area contributed by atoms with E-state index >= 15 is 0 Å². The quantitative estimate of drug-likeness (QED) is 0.781. The highest BCUT2D eigenvalue weighted by Gasteiger charge is 2.45. The number of hydrogen-bond acceptors (Lipinski definition) is 3. The monoisotopic (exact) mass is 348 g/mol. The molecule has 0 unspecified atom stereocenters. The minimum Gasteiger partial charge on any atom is -0.288 e. The van der Waals surface area contributed by atoms with Gasteiger partial charge in [-0.05, 0) is 50.7 Å². The van der Waals surface area contributed by atoms with E-state index in [4.69, 9.17) is 0 Å². The van der Waals surface area contributed by atoms with Crippen LogP contribution in [0.4, 0.5) is 10.5 Å². The molecule has 1 aliphatic carbocycles. The molecule has 3 rings (SSSR count). The van der Waals surface area contributed by atoms with Gasteiger partial charge in [0.25, 0.3) is 10.0 Å². The molecule has 1 fully saturated rings. The Kier molecular flexibility index (Phi) is 4.42. The number of hydrogen-bond donors (Lipinski definition) is 0. The van der Waals surface area contributed by atoms with Gasteiger partial charge >= 0.3 is 6.03 Å². The molecular weight excluding hydrogens is 324 g/mol. The van der Waals surface area contributed by atoms with Gasteiger partial charge in [0.2, 0.25) is 0 Å².